The van der Waals surface area contributed by atoms with Crippen LogP contribution in [0.25, 0.3) is 0 Å². The van der Waals surface area contributed by atoms with Crippen molar-refractivity contribution in [2.24, 2.45) is 0 Å². The summed E-state index contributed by atoms with van der Waals surface area (Å²) in [6.45, 7) is 2.08. The molecule has 0 saturated carbocycles. The summed E-state index contributed by atoms with van der Waals surface area (Å²) in [7, 11) is 0. The molecule has 0 spiro atoms. The van der Waals surface area contributed by atoms with E-state index in [0.29, 0.717) is 5.88 Å². The zero-order valence-corrected chi connectivity index (χ0v) is 11.1. The summed E-state index contributed by atoms with van der Waals surface area (Å²) in [4.78, 5) is 0. The molecule has 0 amide bonds. The maximum absolute atomic E-state index is 12.9. The Morgan fingerprint density at radius 2 is 1.83 bits per heavy atom. The molecule has 0 aliphatic heterocycles. The lowest BCUT2D eigenvalue weighted by molar-refractivity contribution is 0.625. The molecule has 0 bridgehead atoms. The van der Waals surface area contributed by atoms with Gasteiger partial charge in [-0.25, -0.2) is 4.39 Å². The van der Waals surface area contributed by atoms with Crippen LogP contribution < -0.4 is 0 Å². The molecule has 18 heavy (non-hydrogen) atoms. The van der Waals surface area contributed by atoms with Crippen molar-refractivity contribution < 1.29 is 4.39 Å². The highest BCUT2D eigenvalue weighted by atomic mass is 35.5. The molecule has 2 aromatic carbocycles. The second kappa shape index (κ2) is 6.01. The number of hydrogen-bond donors (Lipinski definition) is 0. The standard InChI is InChI=1S/C16H16ClF/c1-12-3-2-4-13(9-12)10-15(11-17)14-5-7-16(18)8-6-14/h2-9,15H,10-11H2,1H3. The fraction of sp³-hybridized carbons (Fsp3) is 0.250. The third kappa shape index (κ3) is 3.33. The predicted molar refractivity (Wildman–Crippen MR) is 74.7 cm³/mol. The summed E-state index contributed by atoms with van der Waals surface area (Å²) in [5, 5.41) is 0. The molecule has 2 rings (SSSR count). The highest BCUT2D eigenvalue weighted by Crippen LogP contribution is 2.23. The molecule has 1 atom stereocenters. The highest BCUT2D eigenvalue weighted by Gasteiger charge is 2.11. The minimum absolute atomic E-state index is 0.206. The van der Waals surface area contributed by atoms with Gasteiger partial charge in [-0.2, -0.15) is 0 Å². The maximum atomic E-state index is 12.9. The van der Waals surface area contributed by atoms with E-state index in [0.717, 1.165) is 12.0 Å². The predicted octanol–water partition coefficient (Wildman–Crippen LogP) is 4.70. The van der Waals surface area contributed by atoms with E-state index < -0.39 is 0 Å². The molecular weight excluding hydrogens is 247 g/mol. The lowest BCUT2D eigenvalue weighted by atomic mass is 9.93. The summed E-state index contributed by atoms with van der Waals surface area (Å²) in [6.07, 6.45) is 0.886. The zero-order chi connectivity index (χ0) is 13.0. The SMILES string of the molecule is Cc1cccc(CC(CCl)c2ccc(F)cc2)c1. The molecule has 0 heterocycles. The summed E-state index contributed by atoms with van der Waals surface area (Å²) >= 11 is 6.04. The highest BCUT2D eigenvalue weighted by molar-refractivity contribution is 6.18. The van der Waals surface area contributed by atoms with Crippen LogP contribution in [0.3, 0.4) is 0 Å². The first kappa shape index (κ1) is 13.1. The van der Waals surface area contributed by atoms with Gasteiger partial charge >= 0.3 is 0 Å². The number of halogens is 2. The zero-order valence-electron chi connectivity index (χ0n) is 10.4. The van der Waals surface area contributed by atoms with E-state index in [9.17, 15) is 4.39 Å². The minimum atomic E-state index is -0.206. The van der Waals surface area contributed by atoms with Crippen LogP contribution in [0.1, 0.15) is 22.6 Å². The Morgan fingerprint density at radius 3 is 2.44 bits per heavy atom. The van der Waals surface area contributed by atoms with Gasteiger partial charge in [0.25, 0.3) is 0 Å². The minimum Gasteiger partial charge on any atom is -0.207 e. The Hall–Kier alpha value is -1.34. The van der Waals surface area contributed by atoms with Gasteiger partial charge in [-0.05, 0) is 36.6 Å². The van der Waals surface area contributed by atoms with Gasteiger partial charge in [0.05, 0.1) is 0 Å². The molecular formula is C16H16ClF. The summed E-state index contributed by atoms with van der Waals surface area (Å²) in [5.41, 5.74) is 3.61. The summed E-state index contributed by atoms with van der Waals surface area (Å²) in [5.74, 6) is 0.566. The molecule has 94 valence electrons. The van der Waals surface area contributed by atoms with Gasteiger partial charge in [-0.3, -0.25) is 0 Å². The van der Waals surface area contributed by atoms with E-state index in [-0.39, 0.29) is 11.7 Å². The molecule has 0 aliphatic rings. The van der Waals surface area contributed by atoms with Gasteiger partial charge in [-0.15, -0.1) is 11.6 Å². The van der Waals surface area contributed by atoms with Gasteiger partial charge in [0.1, 0.15) is 5.82 Å². The van der Waals surface area contributed by atoms with E-state index in [1.54, 1.807) is 0 Å². The van der Waals surface area contributed by atoms with Crippen molar-refractivity contribution in [3.8, 4) is 0 Å². The first-order valence-corrected chi connectivity index (χ1v) is 6.59. The van der Waals surface area contributed by atoms with Gasteiger partial charge in [-0.1, -0.05) is 42.0 Å². The van der Waals surface area contributed by atoms with Crippen LogP contribution in [-0.2, 0) is 6.42 Å². The second-order valence-electron chi connectivity index (χ2n) is 4.60. The first-order chi connectivity index (χ1) is 8.69. The smallest absolute Gasteiger partial charge is 0.123 e. The molecule has 0 nitrogen and oxygen atoms in total. The van der Waals surface area contributed by atoms with Crippen molar-refractivity contribution in [3.05, 3.63) is 71.0 Å². The van der Waals surface area contributed by atoms with E-state index >= 15 is 0 Å². The number of benzene rings is 2. The Kier molecular flexibility index (Phi) is 4.38. The van der Waals surface area contributed by atoms with Gasteiger partial charge < -0.3 is 0 Å². The Bertz CT molecular complexity index is 505. The van der Waals surface area contributed by atoms with Gasteiger partial charge in [0, 0.05) is 11.8 Å². The quantitative estimate of drug-likeness (QED) is 0.701. The summed E-state index contributed by atoms with van der Waals surface area (Å²) < 4.78 is 12.9. The second-order valence-corrected chi connectivity index (χ2v) is 4.90. The number of aryl methyl sites for hydroxylation is 1. The van der Waals surface area contributed by atoms with Crippen molar-refractivity contribution >= 4 is 11.6 Å². The third-order valence-corrected chi connectivity index (χ3v) is 3.46. The van der Waals surface area contributed by atoms with Crippen LogP contribution in [0, 0.1) is 12.7 Å². The summed E-state index contributed by atoms with van der Waals surface area (Å²) in [6, 6.07) is 15.0. The molecule has 2 heteroatoms. The van der Waals surface area contributed by atoms with Crippen LogP contribution >= 0.6 is 11.6 Å². The number of rotatable bonds is 4. The van der Waals surface area contributed by atoms with Crippen molar-refractivity contribution in [3.63, 3.8) is 0 Å². The van der Waals surface area contributed by atoms with Crippen LogP contribution in [0.2, 0.25) is 0 Å². The van der Waals surface area contributed by atoms with Crippen molar-refractivity contribution in [1.29, 1.82) is 0 Å². The van der Waals surface area contributed by atoms with Gasteiger partial charge in [0.2, 0.25) is 0 Å². The fourth-order valence-electron chi connectivity index (χ4n) is 2.12. The monoisotopic (exact) mass is 262 g/mol. The van der Waals surface area contributed by atoms with Crippen LogP contribution in [0.5, 0.6) is 0 Å². The van der Waals surface area contributed by atoms with Crippen LogP contribution in [0.4, 0.5) is 4.39 Å². The largest absolute Gasteiger partial charge is 0.207 e. The molecule has 0 fully saturated rings. The maximum Gasteiger partial charge on any atom is 0.123 e. The Balaban J connectivity index is 2.17. The molecule has 0 N–H and O–H groups in total. The van der Waals surface area contributed by atoms with E-state index in [4.69, 9.17) is 11.6 Å². The van der Waals surface area contributed by atoms with E-state index in [1.165, 1.54) is 23.3 Å². The Labute approximate surface area is 112 Å². The molecule has 0 radical (unpaired) electrons. The molecule has 0 aliphatic carbocycles. The average Bonchev–Trinajstić information content (AvgIpc) is 2.37. The fourth-order valence-corrected chi connectivity index (χ4v) is 2.41. The van der Waals surface area contributed by atoms with Crippen molar-refractivity contribution in [1.82, 2.24) is 0 Å². The lowest BCUT2D eigenvalue weighted by Crippen LogP contribution is -2.05. The number of hydrogen-bond acceptors (Lipinski definition) is 0. The van der Waals surface area contributed by atoms with Gasteiger partial charge in [0.15, 0.2) is 0 Å². The number of alkyl halides is 1. The van der Waals surface area contributed by atoms with E-state index in [2.05, 4.69) is 31.2 Å². The molecule has 0 aromatic heterocycles. The Morgan fingerprint density at radius 1 is 1.11 bits per heavy atom. The van der Waals surface area contributed by atoms with Crippen LogP contribution in [0.15, 0.2) is 48.5 Å². The normalized spacial score (nSPS) is 12.4. The first-order valence-electron chi connectivity index (χ1n) is 6.06. The lowest BCUT2D eigenvalue weighted by Gasteiger charge is -2.14. The van der Waals surface area contributed by atoms with Crippen molar-refractivity contribution in [2.45, 2.75) is 19.3 Å². The molecule has 1 unspecified atom stereocenters. The topological polar surface area (TPSA) is 0 Å². The molecule has 2 aromatic rings. The van der Waals surface area contributed by atoms with Crippen molar-refractivity contribution in [2.75, 3.05) is 5.88 Å². The third-order valence-electron chi connectivity index (χ3n) is 3.09. The van der Waals surface area contributed by atoms with Crippen LogP contribution in [-0.4, -0.2) is 5.88 Å². The van der Waals surface area contributed by atoms with E-state index in [1.807, 2.05) is 12.1 Å². The molecule has 0 saturated heterocycles. The average molecular weight is 263 g/mol.